The van der Waals surface area contributed by atoms with Gasteiger partial charge in [-0.1, -0.05) is 0 Å². The highest BCUT2D eigenvalue weighted by Gasteiger charge is 2.40. The van der Waals surface area contributed by atoms with Crippen LogP contribution in [0, 0.1) is 0 Å². The zero-order valence-electron chi connectivity index (χ0n) is 42.5. The SMILES string of the molecule is NCCCNCCCCNCCCNCCCCNC(=O)CC(O)(CC(=O)NCCCCNCCCNCCCCNCCCN)C(=O)NCCCCNCCCNCCCCNCCCN. The summed E-state index contributed by atoms with van der Waals surface area (Å²) in [5.74, 6) is -1.58. The lowest BCUT2D eigenvalue weighted by Crippen LogP contribution is -2.52. The van der Waals surface area contributed by atoms with E-state index in [-0.39, 0.29) is 0 Å². The second kappa shape index (κ2) is 53.2. The smallest absolute Gasteiger partial charge is 0.253 e. The molecule has 0 atom stereocenters. The Bertz CT molecular complexity index is 1020. The monoisotopic (exact) mass is 958 g/mol. The quantitative estimate of drug-likeness (QED) is 0.0327. The van der Waals surface area contributed by atoms with Gasteiger partial charge in [0.15, 0.2) is 5.60 Å². The molecule has 0 saturated heterocycles. The van der Waals surface area contributed by atoms with E-state index in [1.807, 2.05) is 0 Å². The molecule has 0 aromatic rings. The normalized spacial score (nSPS) is 11.6. The van der Waals surface area contributed by atoms with Gasteiger partial charge in [0.25, 0.3) is 5.91 Å². The molecule has 67 heavy (non-hydrogen) atoms. The minimum absolute atomic E-state index is 0.349. The van der Waals surface area contributed by atoms with Gasteiger partial charge >= 0.3 is 0 Å². The lowest BCUT2D eigenvalue weighted by molar-refractivity contribution is -0.149. The van der Waals surface area contributed by atoms with Gasteiger partial charge in [0, 0.05) is 19.6 Å². The van der Waals surface area contributed by atoms with Crippen molar-refractivity contribution in [1.82, 2.24) is 63.8 Å². The highest BCUT2D eigenvalue weighted by molar-refractivity contribution is 5.95. The van der Waals surface area contributed by atoms with E-state index in [0.29, 0.717) is 26.1 Å². The van der Waals surface area contributed by atoms with Gasteiger partial charge in [-0.2, -0.15) is 0 Å². The molecule has 19 N–H and O–H groups in total. The van der Waals surface area contributed by atoms with E-state index in [1.54, 1.807) is 0 Å². The zero-order chi connectivity index (χ0) is 48.8. The maximum Gasteiger partial charge on any atom is 0.253 e. The predicted octanol–water partition coefficient (Wildman–Crippen LogP) is -0.949. The Labute approximate surface area is 408 Å². The number of rotatable bonds is 56. The molecule has 19 nitrogen and oxygen atoms in total. The first-order chi connectivity index (χ1) is 32.9. The summed E-state index contributed by atoms with van der Waals surface area (Å²) in [6.45, 7) is 20.8. The van der Waals surface area contributed by atoms with Gasteiger partial charge in [0.2, 0.25) is 11.8 Å². The van der Waals surface area contributed by atoms with E-state index in [2.05, 4.69) is 63.8 Å². The van der Waals surface area contributed by atoms with Crippen LogP contribution in [-0.2, 0) is 14.4 Å². The Hall–Kier alpha value is -2.11. The average molecular weight is 958 g/mol. The molecular weight excluding hydrogens is 851 g/mol. The Kier molecular flexibility index (Phi) is 51.6. The van der Waals surface area contributed by atoms with Crippen molar-refractivity contribution in [1.29, 1.82) is 0 Å². The largest absolute Gasteiger partial charge is 0.379 e. The van der Waals surface area contributed by atoms with Gasteiger partial charge in [-0.05, 0) is 253 Å². The minimum atomic E-state index is -2.14. The lowest BCUT2D eigenvalue weighted by atomic mass is 9.93. The van der Waals surface area contributed by atoms with Crippen LogP contribution in [0.5, 0.6) is 0 Å². The topological polar surface area (TPSA) is 294 Å². The maximum atomic E-state index is 13.4. The summed E-state index contributed by atoms with van der Waals surface area (Å²) in [5, 5.41) is 51.1. The van der Waals surface area contributed by atoms with Crippen LogP contribution in [0.15, 0.2) is 0 Å². The lowest BCUT2D eigenvalue weighted by Gasteiger charge is -2.26. The summed E-state index contributed by atoms with van der Waals surface area (Å²) < 4.78 is 0. The van der Waals surface area contributed by atoms with Crippen molar-refractivity contribution in [2.45, 2.75) is 134 Å². The molecule has 19 heteroatoms. The fraction of sp³-hybridized carbons (Fsp3) is 0.938. The summed E-state index contributed by atoms with van der Waals surface area (Å²) >= 11 is 0. The van der Waals surface area contributed by atoms with Gasteiger partial charge in [0.1, 0.15) is 0 Å². The van der Waals surface area contributed by atoms with Crippen molar-refractivity contribution in [3.63, 3.8) is 0 Å². The standard InChI is InChI=1S/C48H107N15O4/c49-19-13-31-52-22-1-4-25-55-34-16-37-58-28-7-10-40-61-45(64)43-48(67,47(66)63-42-12-9-30-60-39-18-36-57-27-6-3-24-54-33-15-21-51)44-46(65)62-41-11-8-29-59-38-17-35-56-26-5-2-23-53-32-14-20-50/h52-60,67H,1-44,49-51H2,(H,61,64)(H,62,65)(H,63,66). The van der Waals surface area contributed by atoms with E-state index in [4.69, 9.17) is 17.2 Å². The highest BCUT2D eigenvalue weighted by Crippen LogP contribution is 2.17. The van der Waals surface area contributed by atoms with Crippen LogP contribution in [0.25, 0.3) is 0 Å². The summed E-state index contributed by atoms with van der Waals surface area (Å²) in [6, 6.07) is 0. The molecule has 3 amide bonds. The molecule has 0 aromatic carbocycles. The van der Waals surface area contributed by atoms with Crippen LogP contribution < -0.4 is 81.0 Å². The van der Waals surface area contributed by atoms with Gasteiger partial charge in [0.05, 0.1) is 12.8 Å². The number of carbonyl (C=O) groups excluding carboxylic acids is 3. The first kappa shape index (κ1) is 64.9. The number of nitrogens with one attached hydrogen (secondary N) is 12. The van der Waals surface area contributed by atoms with Crippen LogP contribution in [-0.4, -0.2) is 186 Å². The Balaban J connectivity index is 4.43. The molecule has 398 valence electrons. The van der Waals surface area contributed by atoms with E-state index in [9.17, 15) is 19.5 Å². The number of hydrogen-bond acceptors (Lipinski definition) is 16. The molecule has 0 spiro atoms. The van der Waals surface area contributed by atoms with Crippen LogP contribution in [0.1, 0.15) is 128 Å². The molecule has 0 aliphatic carbocycles. The predicted molar refractivity (Wildman–Crippen MR) is 279 cm³/mol. The van der Waals surface area contributed by atoms with Gasteiger partial charge < -0.3 is 86.1 Å². The fourth-order valence-electron chi connectivity index (χ4n) is 7.15. The van der Waals surface area contributed by atoms with Crippen LogP contribution in [0.3, 0.4) is 0 Å². The average Bonchev–Trinajstić information content (AvgIpc) is 3.31. The van der Waals surface area contributed by atoms with Gasteiger partial charge in [-0.3, -0.25) is 14.4 Å². The van der Waals surface area contributed by atoms with Crippen LogP contribution >= 0.6 is 0 Å². The molecule has 0 aromatic heterocycles. The summed E-state index contributed by atoms with van der Waals surface area (Å²) in [4.78, 5) is 39.4. The maximum absolute atomic E-state index is 13.4. The van der Waals surface area contributed by atoms with E-state index >= 15 is 0 Å². The third-order valence-electron chi connectivity index (χ3n) is 11.3. The summed E-state index contributed by atoms with van der Waals surface area (Å²) in [5.41, 5.74) is 14.4. The molecule has 0 rings (SSSR count). The highest BCUT2D eigenvalue weighted by atomic mass is 16.3. The first-order valence-corrected chi connectivity index (χ1v) is 26.9. The molecule has 0 fully saturated rings. The molecule has 0 saturated carbocycles. The second-order valence-electron chi connectivity index (χ2n) is 17.8. The van der Waals surface area contributed by atoms with Crippen molar-refractivity contribution in [3.8, 4) is 0 Å². The number of hydrogen-bond donors (Lipinski definition) is 16. The molecule has 0 aliphatic heterocycles. The van der Waals surface area contributed by atoms with Crippen molar-refractivity contribution < 1.29 is 19.5 Å². The second-order valence-corrected chi connectivity index (χ2v) is 17.8. The van der Waals surface area contributed by atoms with E-state index in [1.165, 1.54) is 0 Å². The molecule has 0 heterocycles. The van der Waals surface area contributed by atoms with Crippen molar-refractivity contribution in [2.24, 2.45) is 17.2 Å². The molecule has 0 bridgehead atoms. The number of amides is 3. The summed E-state index contributed by atoms with van der Waals surface area (Å²) in [7, 11) is 0. The van der Waals surface area contributed by atoms with Crippen molar-refractivity contribution in [2.75, 3.05) is 157 Å². The number of nitrogens with two attached hydrogens (primary N) is 3. The molecular formula is C48H107N15O4. The number of carbonyl (C=O) groups is 3. The summed E-state index contributed by atoms with van der Waals surface area (Å²) in [6.07, 6.45) is 17.1. The Morgan fingerprint density at radius 3 is 0.716 bits per heavy atom. The Morgan fingerprint density at radius 2 is 0.478 bits per heavy atom. The van der Waals surface area contributed by atoms with E-state index < -0.39 is 36.2 Å². The van der Waals surface area contributed by atoms with Crippen molar-refractivity contribution >= 4 is 17.7 Å². The first-order valence-electron chi connectivity index (χ1n) is 26.9. The number of unbranched alkanes of at least 4 members (excludes halogenated alkanes) is 6. The minimum Gasteiger partial charge on any atom is -0.379 e. The van der Waals surface area contributed by atoms with Crippen molar-refractivity contribution in [3.05, 3.63) is 0 Å². The molecule has 0 unspecified atom stereocenters. The number of aliphatic hydroxyl groups is 1. The van der Waals surface area contributed by atoms with Gasteiger partial charge in [-0.15, -0.1) is 0 Å². The third-order valence-corrected chi connectivity index (χ3v) is 11.3. The zero-order valence-corrected chi connectivity index (χ0v) is 42.5. The molecule has 0 radical (unpaired) electrons. The van der Waals surface area contributed by atoms with Gasteiger partial charge in [-0.25, -0.2) is 0 Å². The Morgan fingerprint density at radius 1 is 0.284 bits per heavy atom. The fourth-order valence-corrected chi connectivity index (χ4v) is 7.15. The third kappa shape index (κ3) is 48.7. The molecule has 0 aliphatic rings. The van der Waals surface area contributed by atoms with Crippen LogP contribution in [0.2, 0.25) is 0 Å². The van der Waals surface area contributed by atoms with E-state index in [0.717, 1.165) is 247 Å². The van der Waals surface area contributed by atoms with Crippen LogP contribution in [0.4, 0.5) is 0 Å².